The molecule has 41 valence electrons. The average molecular weight is 175 g/mol. The third-order valence-electron chi connectivity index (χ3n) is 1.03. The molecule has 0 bridgehead atoms. The van der Waals surface area contributed by atoms with E-state index in [2.05, 4.69) is 19.2 Å². The third kappa shape index (κ3) is 7.06. The van der Waals surface area contributed by atoms with Gasteiger partial charge in [-0.2, -0.15) is 7.05 Å². The van der Waals surface area contributed by atoms with Crippen molar-refractivity contribution in [1.29, 1.82) is 0 Å². The number of hydrogen-bond donors (Lipinski definition) is 0. The van der Waals surface area contributed by atoms with Gasteiger partial charge in [-0.05, 0) is 0 Å². The topological polar surface area (TPSA) is 14.1 Å². The Bertz CT molecular complexity index is 27.3. The second kappa shape index (κ2) is 7.06. The summed E-state index contributed by atoms with van der Waals surface area (Å²) in [6, 6.07) is 0.560. The van der Waals surface area contributed by atoms with Gasteiger partial charge in [-0.15, -0.1) is 6.04 Å². The maximum Gasteiger partial charge on any atom is 0 e. The van der Waals surface area contributed by atoms with E-state index in [1.165, 1.54) is 0 Å². The van der Waals surface area contributed by atoms with Gasteiger partial charge in [-0.1, -0.05) is 20.3 Å². The molecular formula is C5H12NY-. The third-order valence-corrected chi connectivity index (χ3v) is 1.03. The standard InChI is InChI=1S/C5H12N.Y/c1-4-5(2)6-3;/h5H,4H2,1-3H3;/q-1;. The maximum atomic E-state index is 4.01. The summed E-state index contributed by atoms with van der Waals surface area (Å²) < 4.78 is 0. The molecule has 0 aromatic rings. The fourth-order valence-electron chi connectivity index (χ4n) is 0.183. The molecule has 0 amide bonds. The van der Waals surface area contributed by atoms with Crippen LogP contribution in [0, 0.1) is 0 Å². The first-order chi connectivity index (χ1) is 2.81. The van der Waals surface area contributed by atoms with Gasteiger partial charge in [0.25, 0.3) is 0 Å². The Kier molecular flexibility index (Phi) is 11.0. The van der Waals surface area contributed by atoms with Crippen molar-refractivity contribution in [1.82, 2.24) is 0 Å². The van der Waals surface area contributed by atoms with Crippen LogP contribution >= 0.6 is 0 Å². The van der Waals surface area contributed by atoms with E-state index in [1.807, 2.05) is 7.05 Å². The zero-order valence-electron chi connectivity index (χ0n) is 5.31. The van der Waals surface area contributed by atoms with E-state index < -0.39 is 0 Å². The summed E-state index contributed by atoms with van der Waals surface area (Å²) in [7, 11) is 1.86. The van der Waals surface area contributed by atoms with Crippen LogP contribution in [-0.2, 0) is 32.7 Å². The van der Waals surface area contributed by atoms with Crippen LogP contribution < -0.4 is 0 Å². The molecule has 0 N–H and O–H groups in total. The van der Waals surface area contributed by atoms with E-state index in [9.17, 15) is 0 Å². The van der Waals surface area contributed by atoms with Crippen molar-refractivity contribution in [2.24, 2.45) is 0 Å². The summed E-state index contributed by atoms with van der Waals surface area (Å²) in [5.74, 6) is 0. The van der Waals surface area contributed by atoms with Crippen molar-refractivity contribution in [2.45, 2.75) is 26.3 Å². The Morgan fingerprint density at radius 1 is 1.57 bits per heavy atom. The molecular weight excluding hydrogens is 163 g/mol. The van der Waals surface area contributed by atoms with Crippen LogP contribution in [0.1, 0.15) is 20.3 Å². The van der Waals surface area contributed by atoms with Crippen molar-refractivity contribution in [2.75, 3.05) is 7.05 Å². The Balaban J connectivity index is 0. The van der Waals surface area contributed by atoms with Crippen molar-refractivity contribution < 1.29 is 32.7 Å². The largest absolute Gasteiger partial charge is 0.662 e. The number of hydrogen-bond acceptors (Lipinski definition) is 0. The summed E-state index contributed by atoms with van der Waals surface area (Å²) in [4.78, 5) is 0. The van der Waals surface area contributed by atoms with Gasteiger partial charge >= 0.3 is 0 Å². The SMILES string of the molecule is CCC(C)[N-]C.[Y]. The number of rotatable bonds is 2. The molecule has 1 unspecified atom stereocenters. The predicted octanol–water partition coefficient (Wildman–Crippen LogP) is 1.79. The quantitative estimate of drug-likeness (QED) is 0.607. The van der Waals surface area contributed by atoms with Crippen molar-refractivity contribution in [3.63, 3.8) is 0 Å². The van der Waals surface area contributed by atoms with Gasteiger partial charge < -0.3 is 5.32 Å². The summed E-state index contributed by atoms with van der Waals surface area (Å²) in [5, 5.41) is 4.01. The molecule has 1 atom stereocenters. The van der Waals surface area contributed by atoms with Gasteiger partial charge in [-0.25, -0.2) is 0 Å². The fraction of sp³-hybridized carbons (Fsp3) is 1.00. The Hall–Kier alpha value is 1.06. The van der Waals surface area contributed by atoms with Crippen molar-refractivity contribution in [3.8, 4) is 0 Å². The van der Waals surface area contributed by atoms with Crippen LogP contribution in [0.15, 0.2) is 0 Å². The molecule has 1 nitrogen and oxygen atoms in total. The van der Waals surface area contributed by atoms with E-state index >= 15 is 0 Å². The summed E-state index contributed by atoms with van der Waals surface area (Å²) in [6.07, 6.45) is 1.16. The van der Waals surface area contributed by atoms with E-state index in [1.54, 1.807) is 0 Å². The van der Waals surface area contributed by atoms with Crippen LogP contribution in [-0.4, -0.2) is 13.1 Å². The predicted molar refractivity (Wildman–Crippen MR) is 29.0 cm³/mol. The first kappa shape index (κ1) is 10.9. The van der Waals surface area contributed by atoms with Gasteiger partial charge in [-0.3, -0.25) is 0 Å². The summed E-state index contributed by atoms with van der Waals surface area (Å²) >= 11 is 0. The maximum absolute atomic E-state index is 4.01. The molecule has 0 aromatic heterocycles. The van der Waals surface area contributed by atoms with Crippen LogP contribution in [0.25, 0.3) is 5.32 Å². The molecule has 0 saturated carbocycles. The molecule has 7 heavy (non-hydrogen) atoms. The minimum Gasteiger partial charge on any atom is -0.662 e. The fourth-order valence-corrected chi connectivity index (χ4v) is 0.183. The van der Waals surface area contributed by atoms with Gasteiger partial charge in [0.05, 0.1) is 0 Å². The first-order valence-electron chi connectivity index (χ1n) is 2.40. The van der Waals surface area contributed by atoms with Crippen LogP contribution in [0.4, 0.5) is 0 Å². The summed E-state index contributed by atoms with van der Waals surface area (Å²) in [5.41, 5.74) is 0. The smallest absolute Gasteiger partial charge is 0 e. The Labute approximate surface area is 71.1 Å². The van der Waals surface area contributed by atoms with Crippen molar-refractivity contribution >= 4 is 0 Å². The molecule has 0 saturated heterocycles. The second-order valence-electron chi connectivity index (χ2n) is 1.52. The zero-order chi connectivity index (χ0) is 4.99. The van der Waals surface area contributed by atoms with E-state index in [0.29, 0.717) is 6.04 Å². The molecule has 0 spiro atoms. The van der Waals surface area contributed by atoms with Gasteiger partial charge in [0.2, 0.25) is 0 Å². The molecule has 0 aliphatic rings. The van der Waals surface area contributed by atoms with E-state index in [4.69, 9.17) is 0 Å². The van der Waals surface area contributed by atoms with Crippen LogP contribution in [0.5, 0.6) is 0 Å². The van der Waals surface area contributed by atoms with E-state index in [0.717, 1.165) is 6.42 Å². The summed E-state index contributed by atoms with van der Waals surface area (Å²) in [6.45, 7) is 4.25. The normalized spacial score (nSPS) is 12.4. The van der Waals surface area contributed by atoms with Crippen LogP contribution in [0.2, 0.25) is 0 Å². The molecule has 0 rings (SSSR count). The monoisotopic (exact) mass is 175 g/mol. The minimum absolute atomic E-state index is 0. The Morgan fingerprint density at radius 2 is 2.00 bits per heavy atom. The van der Waals surface area contributed by atoms with Crippen LogP contribution in [0.3, 0.4) is 0 Å². The van der Waals surface area contributed by atoms with E-state index in [-0.39, 0.29) is 32.7 Å². The second-order valence-corrected chi connectivity index (χ2v) is 1.52. The van der Waals surface area contributed by atoms with Crippen molar-refractivity contribution in [3.05, 3.63) is 5.32 Å². The molecule has 0 aliphatic carbocycles. The molecule has 0 aliphatic heterocycles. The number of nitrogens with zero attached hydrogens (tertiary/aromatic N) is 1. The van der Waals surface area contributed by atoms with Gasteiger partial charge in [0.15, 0.2) is 0 Å². The molecule has 1 radical (unpaired) electrons. The van der Waals surface area contributed by atoms with Gasteiger partial charge in [0.1, 0.15) is 0 Å². The molecule has 2 heteroatoms. The molecule has 0 heterocycles. The first-order valence-corrected chi connectivity index (χ1v) is 2.40. The molecule has 0 fully saturated rings. The molecule has 0 aromatic carbocycles. The minimum atomic E-state index is 0. The average Bonchev–Trinajstić information content (AvgIpc) is 1.65. The van der Waals surface area contributed by atoms with Gasteiger partial charge in [0, 0.05) is 32.7 Å². The zero-order valence-corrected chi connectivity index (χ0v) is 8.15. The Morgan fingerprint density at radius 3 is 2.00 bits per heavy atom.